The molecule has 21 heavy (non-hydrogen) atoms. The highest BCUT2D eigenvalue weighted by molar-refractivity contribution is 5.60. The number of piperidine rings is 1. The molecule has 0 unspecified atom stereocenters. The number of nitrogens with zero attached hydrogens (tertiary/aromatic N) is 2. The van der Waals surface area contributed by atoms with E-state index in [0.717, 1.165) is 37.7 Å². The van der Waals surface area contributed by atoms with Crippen molar-refractivity contribution in [1.29, 1.82) is 0 Å². The summed E-state index contributed by atoms with van der Waals surface area (Å²) in [5, 5.41) is 0. The molecule has 1 fully saturated rings. The van der Waals surface area contributed by atoms with Crippen molar-refractivity contribution in [2.75, 3.05) is 39.2 Å². The van der Waals surface area contributed by atoms with E-state index in [1.807, 2.05) is 0 Å². The Morgan fingerprint density at radius 2 is 1.71 bits per heavy atom. The SMILES string of the molecule is CCc1cc(CC)c(N2CCC(N(C)C)CC2)cc1OC. The van der Waals surface area contributed by atoms with Gasteiger partial charge in [-0.3, -0.25) is 0 Å². The number of ether oxygens (including phenoxy) is 1. The topological polar surface area (TPSA) is 15.7 Å². The first-order valence-electron chi connectivity index (χ1n) is 8.21. The molecule has 0 spiro atoms. The van der Waals surface area contributed by atoms with Gasteiger partial charge in [-0.15, -0.1) is 0 Å². The first-order chi connectivity index (χ1) is 10.1. The molecule has 0 bridgehead atoms. The van der Waals surface area contributed by atoms with Crippen molar-refractivity contribution in [1.82, 2.24) is 4.90 Å². The third-order valence-electron chi connectivity index (χ3n) is 4.78. The lowest BCUT2D eigenvalue weighted by Crippen LogP contribution is -2.42. The van der Waals surface area contributed by atoms with Gasteiger partial charge in [-0.25, -0.2) is 0 Å². The normalized spacial score (nSPS) is 16.6. The van der Waals surface area contributed by atoms with Crippen LogP contribution in [0.1, 0.15) is 37.8 Å². The number of rotatable bonds is 5. The molecule has 0 saturated carbocycles. The largest absolute Gasteiger partial charge is 0.496 e. The van der Waals surface area contributed by atoms with Crippen LogP contribution in [0.4, 0.5) is 5.69 Å². The van der Waals surface area contributed by atoms with Crippen LogP contribution in [0, 0.1) is 0 Å². The number of hydrogen-bond donors (Lipinski definition) is 0. The molecular formula is C18H30N2O. The lowest BCUT2D eigenvalue weighted by Gasteiger charge is -2.37. The van der Waals surface area contributed by atoms with Crippen molar-refractivity contribution >= 4 is 5.69 Å². The Morgan fingerprint density at radius 3 is 2.19 bits per heavy atom. The molecule has 1 aromatic rings. The van der Waals surface area contributed by atoms with Crippen molar-refractivity contribution < 1.29 is 4.74 Å². The monoisotopic (exact) mass is 290 g/mol. The fraction of sp³-hybridized carbons (Fsp3) is 0.667. The molecular weight excluding hydrogens is 260 g/mol. The summed E-state index contributed by atoms with van der Waals surface area (Å²) in [4.78, 5) is 4.90. The Morgan fingerprint density at radius 1 is 1.10 bits per heavy atom. The minimum Gasteiger partial charge on any atom is -0.496 e. The highest BCUT2D eigenvalue weighted by Gasteiger charge is 2.22. The van der Waals surface area contributed by atoms with E-state index in [1.165, 1.54) is 29.7 Å². The zero-order valence-corrected chi connectivity index (χ0v) is 14.3. The summed E-state index contributed by atoms with van der Waals surface area (Å²) in [7, 11) is 6.16. The van der Waals surface area contributed by atoms with Gasteiger partial charge in [0.25, 0.3) is 0 Å². The number of benzene rings is 1. The second-order valence-electron chi connectivity index (χ2n) is 6.18. The maximum Gasteiger partial charge on any atom is 0.124 e. The van der Waals surface area contributed by atoms with E-state index in [1.54, 1.807) is 7.11 Å². The lowest BCUT2D eigenvalue weighted by molar-refractivity contribution is 0.249. The molecule has 0 radical (unpaired) electrons. The molecule has 0 amide bonds. The average Bonchev–Trinajstić information content (AvgIpc) is 2.53. The Labute approximate surface area is 129 Å². The Hall–Kier alpha value is -1.22. The van der Waals surface area contributed by atoms with Crippen LogP contribution in [-0.2, 0) is 12.8 Å². The average molecular weight is 290 g/mol. The quantitative estimate of drug-likeness (QED) is 0.827. The zero-order chi connectivity index (χ0) is 15.4. The van der Waals surface area contributed by atoms with Crippen LogP contribution < -0.4 is 9.64 Å². The van der Waals surface area contributed by atoms with Crippen LogP contribution in [-0.4, -0.2) is 45.2 Å². The van der Waals surface area contributed by atoms with E-state index in [2.05, 4.69) is 49.9 Å². The maximum absolute atomic E-state index is 5.59. The predicted octanol–water partition coefficient (Wildman–Crippen LogP) is 3.35. The smallest absolute Gasteiger partial charge is 0.124 e. The van der Waals surface area contributed by atoms with Gasteiger partial charge in [-0.1, -0.05) is 19.9 Å². The van der Waals surface area contributed by atoms with Crippen LogP contribution >= 0.6 is 0 Å². The molecule has 1 aliphatic heterocycles. The van der Waals surface area contributed by atoms with E-state index >= 15 is 0 Å². The summed E-state index contributed by atoms with van der Waals surface area (Å²) in [6.45, 7) is 6.73. The van der Waals surface area contributed by atoms with Gasteiger partial charge in [0.2, 0.25) is 0 Å². The van der Waals surface area contributed by atoms with Gasteiger partial charge >= 0.3 is 0 Å². The fourth-order valence-corrected chi connectivity index (χ4v) is 3.33. The van der Waals surface area contributed by atoms with Gasteiger partial charge in [0.05, 0.1) is 7.11 Å². The third kappa shape index (κ3) is 3.52. The second-order valence-corrected chi connectivity index (χ2v) is 6.18. The molecule has 0 N–H and O–H groups in total. The first-order valence-corrected chi connectivity index (χ1v) is 8.21. The van der Waals surface area contributed by atoms with Gasteiger partial charge in [0, 0.05) is 30.9 Å². The number of anilines is 1. The number of hydrogen-bond acceptors (Lipinski definition) is 3. The molecule has 1 saturated heterocycles. The highest BCUT2D eigenvalue weighted by atomic mass is 16.5. The van der Waals surface area contributed by atoms with E-state index in [4.69, 9.17) is 4.74 Å². The van der Waals surface area contributed by atoms with Gasteiger partial charge in [-0.05, 0) is 50.9 Å². The summed E-state index contributed by atoms with van der Waals surface area (Å²) in [5.41, 5.74) is 4.15. The summed E-state index contributed by atoms with van der Waals surface area (Å²) in [5.74, 6) is 1.04. The van der Waals surface area contributed by atoms with Crippen molar-refractivity contribution in [2.45, 2.75) is 45.6 Å². The minimum atomic E-state index is 0.725. The van der Waals surface area contributed by atoms with Crippen molar-refractivity contribution in [2.24, 2.45) is 0 Å². The van der Waals surface area contributed by atoms with E-state index < -0.39 is 0 Å². The van der Waals surface area contributed by atoms with Crippen LogP contribution in [0.15, 0.2) is 12.1 Å². The fourth-order valence-electron chi connectivity index (χ4n) is 3.33. The predicted molar refractivity (Wildman–Crippen MR) is 90.7 cm³/mol. The Bertz CT molecular complexity index is 463. The van der Waals surface area contributed by atoms with Crippen molar-refractivity contribution in [3.05, 3.63) is 23.3 Å². The molecule has 1 aromatic carbocycles. The molecule has 0 aromatic heterocycles. The van der Waals surface area contributed by atoms with Crippen LogP contribution in [0.5, 0.6) is 5.75 Å². The summed E-state index contributed by atoms with van der Waals surface area (Å²) >= 11 is 0. The molecule has 118 valence electrons. The van der Waals surface area contributed by atoms with Crippen LogP contribution in [0.25, 0.3) is 0 Å². The second kappa shape index (κ2) is 7.17. The molecule has 1 aliphatic rings. The van der Waals surface area contributed by atoms with Crippen LogP contribution in [0.3, 0.4) is 0 Å². The van der Waals surface area contributed by atoms with Gasteiger partial charge in [0.15, 0.2) is 0 Å². The molecule has 1 heterocycles. The molecule has 3 heteroatoms. The molecule has 3 nitrogen and oxygen atoms in total. The van der Waals surface area contributed by atoms with Gasteiger partial charge in [-0.2, -0.15) is 0 Å². The van der Waals surface area contributed by atoms with E-state index in [9.17, 15) is 0 Å². The maximum atomic E-state index is 5.59. The third-order valence-corrected chi connectivity index (χ3v) is 4.78. The van der Waals surface area contributed by atoms with Gasteiger partial charge < -0.3 is 14.5 Å². The highest BCUT2D eigenvalue weighted by Crippen LogP contribution is 2.32. The summed E-state index contributed by atoms with van der Waals surface area (Å²) < 4.78 is 5.59. The summed E-state index contributed by atoms with van der Waals surface area (Å²) in [6, 6.07) is 5.32. The number of aryl methyl sites for hydroxylation is 2. The molecule has 2 rings (SSSR count). The molecule has 0 atom stereocenters. The Balaban J connectivity index is 2.23. The van der Waals surface area contributed by atoms with Crippen molar-refractivity contribution in [3.63, 3.8) is 0 Å². The first kappa shape index (κ1) is 16.2. The molecule has 0 aliphatic carbocycles. The lowest BCUT2D eigenvalue weighted by atomic mass is 9.99. The van der Waals surface area contributed by atoms with Crippen LogP contribution in [0.2, 0.25) is 0 Å². The standard InChI is InChI=1S/C18H30N2O/c1-6-14-12-15(7-2)18(21-5)13-17(14)20-10-8-16(9-11-20)19(3)4/h12-13,16H,6-11H2,1-5H3. The summed E-state index contributed by atoms with van der Waals surface area (Å²) in [6.07, 6.45) is 4.60. The Kier molecular flexibility index (Phi) is 5.51. The minimum absolute atomic E-state index is 0.725. The van der Waals surface area contributed by atoms with Crippen molar-refractivity contribution in [3.8, 4) is 5.75 Å². The van der Waals surface area contributed by atoms with Gasteiger partial charge in [0.1, 0.15) is 5.75 Å². The van der Waals surface area contributed by atoms with E-state index in [-0.39, 0.29) is 0 Å². The zero-order valence-electron chi connectivity index (χ0n) is 14.3. The van der Waals surface area contributed by atoms with E-state index in [0.29, 0.717) is 0 Å². The number of methoxy groups -OCH3 is 1.